The van der Waals surface area contributed by atoms with Gasteiger partial charge >= 0.3 is 21.7 Å². The van der Waals surface area contributed by atoms with Crippen LogP contribution in [0.15, 0.2) is 16.7 Å². The topological polar surface area (TPSA) is 51.2 Å². The van der Waals surface area contributed by atoms with Gasteiger partial charge in [0.1, 0.15) is 0 Å². The van der Waals surface area contributed by atoms with Crippen LogP contribution in [-0.2, 0) is 36.1 Å². The maximum Gasteiger partial charge on any atom is 4.00 e. The second kappa shape index (κ2) is 17.9. The summed E-state index contributed by atoms with van der Waals surface area (Å²) in [7, 11) is 0. The number of allylic oxidation sites excluding steroid dienone is 4. The van der Waals surface area contributed by atoms with Gasteiger partial charge in [-0.2, -0.15) is 11.1 Å². The fourth-order valence-electron chi connectivity index (χ4n) is 1.41. The van der Waals surface area contributed by atoms with Crippen LogP contribution >= 0.6 is 0 Å². The maximum absolute atomic E-state index is 8.81. The zero-order valence-electron chi connectivity index (χ0n) is 14.0. The first-order valence-electron chi connectivity index (χ1n) is 5.98. The number of carbonyl (C=O) groups excluding carboxylic acids is 3. The monoisotopic (exact) mass is 342 g/mol. The van der Waals surface area contributed by atoms with Gasteiger partial charge in [-0.1, -0.05) is 33.1 Å². The van der Waals surface area contributed by atoms with Crippen molar-refractivity contribution in [3.8, 4) is 37.0 Å². The van der Waals surface area contributed by atoms with Gasteiger partial charge in [0.25, 0.3) is 0 Å². The fraction of sp³-hybridized carbons (Fsp3) is 0.316. The first kappa shape index (κ1) is 29.0. The van der Waals surface area contributed by atoms with Gasteiger partial charge in [0.05, 0.1) is 0 Å². The third-order valence-electron chi connectivity index (χ3n) is 2.74. The molecule has 0 spiro atoms. The van der Waals surface area contributed by atoms with Crippen LogP contribution in [0.3, 0.4) is 0 Å². The maximum atomic E-state index is 8.81. The van der Waals surface area contributed by atoms with E-state index in [2.05, 4.69) is 60.0 Å². The average Bonchev–Trinajstić information content (AvgIpc) is 2.70. The Balaban J connectivity index is -0.000000118. The molecule has 0 aromatic carbocycles. The molecule has 0 fully saturated rings. The molecule has 0 aliphatic heterocycles. The van der Waals surface area contributed by atoms with E-state index in [1.807, 2.05) is 0 Å². The molecule has 23 heavy (non-hydrogen) atoms. The minimum atomic E-state index is 0. The van der Waals surface area contributed by atoms with Gasteiger partial charge in [-0.3, -0.25) is 23.8 Å². The Morgan fingerprint density at radius 2 is 1.13 bits per heavy atom. The molecule has 116 valence electrons. The van der Waals surface area contributed by atoms with Gasteiger partial charge in [-0.05, 0) is 0 Å². The van der Waals surface area contributed by atoms with Crippen molar-refractivity contribution in [2.24, 2.45) is 5.41 Å². The normalized spacial score (nSPS) is 12.2. The van der Waals surface area contributed by atoms with Crippen molar-refractivity contribution in [1.82, 2.24) is 0 Å². The SMILES string of the molecule is C#C[C-]=O.C#C[C-]=O.C#C[C-]=O.CC1=[C-]C(C)(C)C(C)=C1C.[Ti+4]. The molecular formula is C19H18O3Ti. The summed E-state index contributed by atoms with van der Waals surface area (Å²) in [5, 5.41) is 0. The minimum absolute atomic E-state index is 0. The number of rotatable bonds is 0. The Bertz CT molecular complexity index is 516. The van der Waals surface area contributed by atoms with Crippen molar-refractivity contribution in [3.05, 3.63) is 22.8 Å². The van der Waals surface area contributed by atoms with Gasteiger partial charge in [0, 0.05) is 18.9 Å². The molecule has 4 heteroatoms. The van der Waals surface area contributed by atoms with Gasteiger partial charge in [0.2, 0.25) is 0 Å². The summed E-state index contributed by atoms with van der Waals surface area (Å²) in [6.07, 6.45) is 20.1. The van der Waals surface area contributed by atoms with E-state index in [1.165, 1.54) is 35.6 Å². The predicted octanol–water partition coefficient (Wildman–Crippen LogP) is 2.30. The summed E-state index contributed by atoms with van der Waals surface area (Å²) in [6.45, 7) is 10.9. The minimum Gasteiger partial charge on any atom is -0.409 e. The zero-order chi connectivity index (χ0) is 18.2. The molecule has 0 atom stereocenters. The van der Waals surface area contributed by atoms with Crippen molar-refractivity contribution in [2.45, 2.75) is 34.6 Å². The zero-order valence-corrected chi connectivity index (χ0v) is 15.5. The third kappa shape index (κ3) is 16.1. The third-order valence-corrected chi connectivity index (χ3v) is 2.74. The summed E-state index contributed by atoms with van der Waals surface area (Å²) in [6, 6.07) is 0. The van der Waals surface area contributed by atoms with Crippen LogP contribution in [0.25, 0.3) is 0 Å². The molecule has 0 unspecified atom stereocenters. The molecule has 1 aliphatic carbocycles. The predicted molar refractivity (Wildman–Crippen MR) is 88.2 cm³/mol. The molecule has 0 bridgehead atoms. The Hall–Kier alpha value is -2.12. The molecule has 0 heterocycles. The molecular weight excluding hydrogens is 324 g/mol. The number of terminal acetylenes is 3. The second-order valence-corrected chi connectivity index (χ2v) is 4.36. The fourth-order valence-corrected chi connectivity index (χ4v) is 1.41. The Kier molecular flexibility index (Phi) is 22.6. The van der Waals surface area contributed by atoms with E-state index in [9.17, 15) is 0 Å². The van der Waals surface area contributed by atoms with E-state index in [1.54, 1.807) is 17.8 Å². The van der Waals surface area contributed by atoms with Crippen LogP contribution in [-0.4, -0.2) is 18.9 Å². The van der Waals surface area contributed by atoms with Crippen molar-refractivity contribution in [3.63, 3.8) is 0 Å². The van der Waals surface area contributed by atoms with E-state index >= 15 is 0 Å². The molecule has 0 aromatic heterocycles. The summed E-state index contributed by atoms with van der Waals surface area (Å²) in [4.78, 5) is 26.4. The van der Waals surface area contributed by atoms with E-state index in [0.717, 1.165) is 0 Å². The molecule has 0 amide bonds. The summed E-state index contributed by atoms with van der Waals surface area (Å²) < 4.78 is 0. The van der Waals surface area contributed by atoms with Crippen LogP contribution in [0, 0.1) is 48.5 Å². The van der Waals surface area contributed by atoms with Crippen LogP contribution < -0.4 is 0 Å². The molecule has 0 N–H and O–H groups in total. The second-order valence-electron chi connectivity index (χ2n) is 4.36. The van der Waals surface area contributed by atoms with Crippen LogP contribution in [0.4, 0.5) is 0 Å². The van der Waals surface area contributed by atoms with Gasteiger partial charge in [0.15, 0.2) is 0 Å². The van der Waals surface area contributed by atoms with E-state index < -0.39 is 0 Å². The number of hydrogen-bond acceptors (Lipinski definition) is 3. The van der Waals surface area contributed by atoms with Gasteiger partial charge < -0.3 is 33.7 Å². The first-order valence-corrected chi connectivity index (χ1v) is 5.98. The molecule has 0 saturated heterocycles. The van der Waals surface area contributed by atoms with E-state index in [-0.39, 0.29) is 27.1 Å². The number of hydrogen-bond donors (Lipinski definition) is 0. The van der Waals surface area contributed by atoms with Gasteiger partial charge in [-0.15, -0.1) is 6.92 Å². The van der Waals surface area contributed by atoms with Crippen molar-refractivity contribution >= 4 is 18.9 Å². The molecule has 0 radical (unpaired) electrons. The quantitative estimate of drug-likeness (QED) is 0.386. The molecule has 3 nitrogen and oxygen atoms in total. The van der Waals surface area contributed by atoms with Crippen molar-refractivity contribution in [1.29, 1.82) is 0 Å². The van der Waals surface area contributed by atoms with Crippen molar-refractivity contribution < 1.29 is 36.1 Å². The summed E-state index contributed by atoms with van der Waals surface area (Å²) in [5.74, 6) is 4.88. The summed E-state index contributed by atoms with van der Waals surface area (Å²) in [5.41, 5.74) is 4.39. The van der Waals surface area contributed by atoms with Crippen LogP contribution in [0.2, 0.25) is 0 Å². The van der Waals surface area contributed by atoms with E-state index in [4.69, 9.17) is 14.4 Å². The molecule has 0 aromatic rings. The van der Waals surface area contributed by atoms with E-state index in [0.29, 0.717) is 0 Å². The average molecular weight is 342 g/mol. The van der Waals surface area contributed by atoms with Crippen LogP contribution in [0.5, 0.6) is 0 Å². The largest absolute Gasteiger partial charge is 4.00 e. The Labute approximate surface area is 154 Å². The smallest absolute Gasteiger partial charge is 0.409 e. The molecule has 1 aliphatic rings. The molecule has 1 rings (SSSR count). The van der Waals surface area contributed by atoms with Gasteiger partial charge in [-0.25, -0.2) is 5.57 Å². The Morgan fingerprint density at radius 3 is 1.17 bits per heavy atom. The van der Waals surface area contributed by atoms with Crippen LogP contribution in [0.1, 0.15) is 34.6 Å². The summed E-state index contributed by atoms with van der Waals surface area (Å²) >= 11 is 0. The standard InChI is InChI=1S/C10H15.3C3HO.Ti/c1-7-6-10(4,5)9(3)8(7)2;3*1-2-3-4;/h1-5H3;3*1H;/q4*-1;+4. The Morgan fingerprint density at radius 1 is 0.870 bits per heavy atom. The first-order chi connectivity index (χ1) is 10.2. The molecule has 0 saturated carbocycles. The van der Waals surface area contributed by atoms with Crippen molar-refractivity contribution in [2.75, 3.05) is 0 Å².